The lowest BCUT2D eigenvalue weighted by atomic mass is 10.1. The van der Waals surface area contributed by atoms with Gasteiger partial charge < -0.3 is 15.3 Å². The molecule has 0 fully saturated rings. The molecule has 0 unspecified atom stereocenters. The zero-order valence-electron chi connectivity index (χ0n) is 12.9. The summed E-state index contributed by atoms with van der Waals surface area (Å²) in [5.74, 6) is -0.713. The van der Waals surface area contributed by atoms with Crippen LogP contribution in [0, 0.1) is 0 Å². The highest BCUT2D eigenvalue weighted by Crippen LogP contribution is 2.26. The standard InChI is InChI=1S/C17H14F3N3O2/c18-17(19,20)14-6-5-12(16(25)23-14)15(24)21-8-7-10-9-22-13-4-2-1-3-11(10)13/h1-6,9,22H,7-8H2,(H,21,24)(H,23,25). The van der Waals surface area contributed by atoms with Crippen molar-refractivity contribution < 1.29 is 18.0 Å². The van der Waals surface area contributed by atoms with Crippen molar-refractivity contribution in [2.24, 2.45) is 0 Å². The van der Waals surface area contributed by atoms with Crippen LogP contribution in [-0.4, -0.2) is 22.4 Å². The van der Waals surface area contributed by atoms with Gasteiger partial charge in [-0.25, -0.2) is 0 Å². The average molecular weight is 349 g/mol. The van der Waals surface area contributed by atoms with Gasteiger partial charge in [0.15, 0.2) is 0 Å². The van der Waals surface area contributed by atoms with Crippen LogP contribution in [0.1, 0.15) is 21.6 Å². The van der Waals surface area contributed by atoms with Crippen LogP contribution in [-0.2, 0) is 12.6 Å². The number of halogens is 3. The summed E-state index contributed by atoms with van der Waals surface area (Å²) in [7, 11) is 0. The second-order valence-corrected chi connectivity index (χ2v) is 5.48. The maximum atomic E-state index is 12.5. The number of nitrogens with one attached hydrogen (secondary N) is 3. The van der Waals surface area contributed by atoms with Crippen LogP contribution >= 0.6 is 0 Å². The first-order chi connectivity index (χ1) is 11.9. The Kier molecular flexibility index (Phi) is 4.35. The first-order valence-corrected chi connectivity index (χ1v) is 7.50. The highest BCUT2D eigenvalue weighted by Gasteiger charge is 2.32. The van der Waals surface area contributed by atoms with Crippen molar-refractivity contribution in [1.82, 2.24) is 15.3 Å². The van der Waals surface area contributed by atoms with Crippen molar-refractivity contribution >= 4 is 16.8 Å². The molecule has 0 radical (unpaired) electrons. The molecule has 0 saturated carbocycles. The Morgan fingerprint density at radius 2 is 1.88 bits per heavy atom. The second-order valence-electron chi connectivity index (χ2n) is 5.48. The number of rotatable bonds is 4. The van der Waals surface area contributed by atoms with E-state index in [0.717, 1.165) is 22.5 Å². The molecule has 0 bridgehead atoms. The number of pyridine rings is 1. The molecule has 2 heterocycles. The minimum atomic E-state index is -4.66. The minimum absolute atomic E-state index is 0.251. The molecule has 0 aliphatic heterocycles. The van der Waals surface area contributed by atoms with Crippen molar-refractivity contribution in [2.75, 3.05) is 6.54 Å². The third-order valence-electron chi connectivity index (χ3n) is 3.81. The SMILES string of the molecule is O=C(NCCc1c[nH]c2ccccc12)c1ccc(C(F)(F)F)[nH]c1=O. The van der Waals surface area contributed by atoms with Gasteiger partial charge in [0.05, 0.1) is 0 Å². The Hall–Kier alpha value is -3.03. The van der Waals surface area contributed by atoms with Crippen molar-refractivity contribution in [3.63, 3.8) is 0 Å². The quantitative estimate of drug-likeness (QED) is 0.677. The number of H-pyrrole nitrogens is 2. The molecule has 1 amide bonds. The molecule has 2 aromatic heterocycles. The number of hydrogen-bond acceptors (Lipinski definition) is 2. The second kappa shape index (κ2) is 6.46. The highest BCUT2D eigenvalue weighted by molar-refractivity contribution is 5.93. The first-order valence-electron chi connectivity index (χ1n) is 7.50. The molecule has 25 heavy (non-hydrogen) atoms. The van der Waals surface area contributed by atoms with E-state index in [4.69, 9.17) is 0 Å². The number of carbonyl (C=O) groups is 1. The van der Waals surface area contributed by atoms with E-state index in [2.05, 4.69) is 10.3 Å². The fourth-order valence-electron chi connectivity index (χ4n) is 2.56. The van der Waals surface area contributed by atoms with Crippen LogP contribution in [0.2, 0.25) is 0 Å². The Morgan fingerprint density at radius 1 is 1.12 bits per heavy atom. The zero-order valence-corrected chi connectivity index (χ0v) is 12.9. The van der Waals surface area contributed by atoms with E-state index in [0.29, 0.717) is 12.5 Å². The zero-order chi connectivity index (χ0) is 18.0. The van der Waals surface area contributed by atoms with Gasteiger partial charge in [0.2, 0.25) is 0 Å². The van der Waals surface area contributed by atoms with Gasteiger partial charge in [0.1, 0.15) is 11.3 Å². The molecule has 0 aliphatic rings. The number of hydrogen-bond donors (Lipinski definition) is 3. The average Bonchev–Trinajstić information content (AvgIpc) is 2.97. The maximum absolute atomic E-state index is 12.5. The van der Waals surface area contributed by atoms with Crippen LogP contribution in [0.4, 0.5) is 13.2 Å². The molecule has 3 aromatic rings. The van der Waals surface area contributed by atoms with Crippen molar-refractivity contribution in [3.05, 3.63) is 69.8 Å². The minimum Gasteiger partial charge on any atom is -0.361 e. The van der Waals surface area contributed by atoms with Crippen LogP contribution in [0.3, 0.4) is 0 Å². The third kappa shape index (κ3) is 3.57. The molecule has 0 atom stereocenters. The summed E-state index contributed by atoms with van der Waals surface area (Å²) in [6.07, 6.45) is -2.31. The molecule has 3 rings (SSSR count). The molecule has 5 nitrogen and oxygen atoms in total. The lowest BCUT2D eigenvalue weighted by Crippen LogP contribution is -2.32. The maximum Gasteiger partial charge on any atom is 0.431 e. The number of benzene rings is 1. The number of amides is 1. The molecular weight excluding hydrogens is 335 g/mol. The number of para-hydroxylation sites is 1. The molecule has 0 aliphatic carbocycles. The van der Waals surface area contributed by atoms with E-state index in [1.165, 1.54) is 0 Å². The molecule has 1 aromatic carbocycles. The van der Waals surface area contributed by atoms with Gasteiger partial charge in [-0.1, -0.05) is 18.2 Å². The number of fused-ring (bicyclic) bond motifs is 1. The largest absolute Gasteiger partial charge is 0.431 e. The lowest BCUT2D eigenvalue weighted by Gasteiger charge is -2.08. The Morgan fingerprint density at radius 3 is 2.60 bits per heavy atom. The number of alkyl halides is 3. The highest BCUT2D eigenvalue weighted by atomic mass is 19.4. The van der Waals surface area contributed by atoms with Crippen LogP contribution in [0.25, 0.3) is 10.9 Å². The van der Waals surface area contributed by atoms with Crippen molar-refractivity contribution in [3.8, 4) is 0 Å². The molecule has 130 valence electrons. The normalized spacial score (nSPS) is 11.6. The molecule has 0 saturated heterocycles. The van der Waals surface area contributed by atoms with Crippen LogP contribution in [0.5, 0.6) is 0 Å². The van der Waals surface area contributed by atoms with E-state index in [9.17, 15) is 22.8 Å². The summed E-state index contributed by atoms with van der Waals surface area (Å²) in [4.78, 5) is 28.5. The summed E-state index contributed by atoms with van der Waals surface area (Å²) >= 11 is 0. The Balaban J connectivity index is 1.66. The summed E-state index contributed by atoms with van der Waals surface area (Å²) in [5.41, 5.74) is -0.639. The molecule has 0 spiro atoms. The first kappa shape index (κ1) is 16.8. The van der Waals surface area contributed by atoms with Gasteiger partial charge in [0, 0.05) is 23.6 Å². The van der Waals surface area contributed by atoms with Crippen molar-refractivity contribution in [2.45, 2.75) is 12.6 Å². The Bertz CT molecular complexity index is 973. The van der Waals surface area contributed by atoms with E-state index in [1.54, 1.807) is 4.98 Å². The van der Waals surface area contributed by atoms with E-state index in [-0.39, 0.29) is 12.1 Å². The van der Waals surface area contributed by atoms with Gasteiger partial charge in [0.25, 0.3) is 11.5 Å². The van der Waals surface area contributed by atoms with E-state index in [1.807, 2.05) is 30.5 Å². The van der Waals surface area contributed by atoms with Gasteiger partial charge in [-0.3, -0.25) is 9.59 Å². The van der Waals surface area contributed by atoms with Crippen LogP contribution in [0.15, 0.2) is 47.4 Å². The molecular formula is C17H14F3N3O2. The fourth-order valence-corrected chi connectivity index (χ4v) is 2.56. The number of aromatic nitrogens is 2. The van der Waals surface area contributed by atoms with Crippen LogP contribution < -0.4 is 10.9 Å². The third-order valence-corrected chi connectivity index (χ3v) is 3.81. The van der Waals surface area contributed by atoms with Gasteiger partial charge >= 0.3 is 6.18 Å². The lowest BCUT2D eigenvalue weighted by molar-refractivity contribution is -0.141. The fraction of sp³-hybridized carbons (Fsp3) is 0.176. The van der Waals surface area contributed by atoms with E-state index >= 15 is 0 Å². The monoisotopic (exact) mass is 349 g/mol. The summed E-state index contributed by atoms with van der Waals surface area (Å²) in [5, 5.41) is 3.58. The number of aromatic amines is 2. The summed E-state index contributed by atoms with van der Waals surface area (Å²) < 4.78 is 37.5. The molecule has 8 heteroatoms. The Labute approximate surface area is 139 Å². The van der Waals surface area contributed by atoms with Gasteiger partial charge in [-0.2, -0.15) is 13.2 Å². The topological polar surface area (TPSA) is 77.8 Å². The summed E-state index contributed by atoms with van der Waals surface area (Å²) in [6, 6.07) is 9.24. The summed E-state index contributed by atoms with van der Waals surface area (Å²) in [6.45, 7) is 0.251. The van der Waals surface area contributed by atoms with Crippen molar-refractivity contribution in [1.29, 1.82) is 0 Å². The predicted molar refractivity (Wildman–Crippen MR) is 86.4 cm³/mol. The smallest absolute Gasteiger partial charge is 0.361 e. The number of carbonyl (C=O) groups excluding carboxylic acids is 1. The van der Waals surface area contributed by atoms with Gasteiger partial charge in [-0.05, 0) is 30.2 Å². The molecule has 3 N–H and O–H groups in total. The van der Waals surface area contributed by atoms with E-state index < -0.39 is 23.3 Å². The predicted octanol–water partition coefficient (Wildman–Crippen LogP) is 2.85. The van der Waals surface area contributed by atoms with Gasteiger partial charge in [-0.15, -0.1) is 0 Å².